The molecule has 0 bridgehead atoms. The van der Waals surface area contributed by atoms with Crippen LogP contribution < -0.4 is 14.2 Å². The van der Waals surface area contributed by atoms with Crippen molar-refractivity contribution in [2.75, 3.05) is 27.9 Å². The first-order valence-corrected chi connectivity index (χ1v) is 13.7. The minimum atomic E-state index is -1.12. The molecule has 7 nitrogen and oxygen atoms in total. The van der Waals surface area contributed by atoms with Gasteiger partial charge in [-0.3, -0.25) is 14.2 Å². The van der Waals surface area contributed by atoms with Gasteiger partial charge in [-0.2, -0.15) is 0 Å². The normalized spacial score (nSPS) is 11.1. The molecule has 0 aromatic heterocycles. The standard InChI is InChI=1S/C30H42O6.HOP/c1-5-6-7-8-9-10-11-12-13-17-20-36-30(32)27(23-18-15-14-16-19-23)29(31)28-25(34-3)21-24(33-2)22-26(28)35-4;1-2/h14-16,18-19,21-22,27H,5-13,17,20H2,1-4H3;2H. The topological polar surface area (TPSA) is 88.1 Å². The first-order valence-electron chi connectivity index (χ1n) is 13.3. The molecule has 1 unspecified atom stereocenters. The molecule has 0 saturated heterocycles. The average molecular weight is 547 g/mol. The second-order valence-electron chi connectivity index (χ2n) is 8.96. The second-order valence-corrected chi connectivity index (χ2v) is 8.96. The van der Waals surface area contributed by atoms with Crippen molar-refractivity contribution in [2.24, 2.45) is 0 Å². The molecule has 2 aromatic carbocycles. The molecule has 8 heteroatoms. The Kier molecular flexibility index (Phi) is 17.5. The molecule has 0 aliphatic carbocycles. The van der Waals surface area contributed by atoms with E-state index in [1.807, 2.05) is 6.07 Å². The second kappa shape index (κ2) is 20.1. The van der Waals surface area contributed by atoms with Crippen LogP contribution in [0.15, 0.2) is 42.5 Å². The number of esters is 1. The van der Waals surface area contributed by atoms with E-state index in [1.54, 1.807) is 45.5 Å². The first kappa shape index (κ1) is 33.1. The Hall–Kier alpha value is -2.92. The molecule has 0 aliphatic rings. The number of ketones is 1. The first-order chi connectivity index (χ1) is 18.6. The third kappa shape index (κ3) is 10.8. The number of hydrogen-bond donors (Lipinski definition) is 0. The summed E-state index contributed by atoms with van der Waals surface area (Å²) in [6, 6.07) is 12.2. The molecule has 0 saturated carbocycles. The van der Waals surface area contributed by atoms with Crippen LogP contribution in [0.1, 0.15) is 93.0 Å². The number of unbranched alkanes of at least 4 members (excludes halogenated alkanes) is 9. The van der Waals surface area contributed by atoms with Crippen molar-refractivity contribution in [1.82, 2.24) is 0 Å². The van der Waals surface area contributed by atoms with E-state index in [2.05, 4.69) is 6.92 Å². The van der Waals surface area contributed by atoms with Crippen LogP contribution in [0.25, 0.3) is 0 Å². The number of methoxy groups -OCH3 is 3. The highest BCUT2D eigenvalue weighted by Crippen LogP contribution is 2.38. The van der Waals surface area contributed by atoms with E-state index >= 15 is 0 Å². The molecule has 0 amide bonds. The van der Waals surface area contributed by atoms with Crippen molar-refractivity contribution in [2.45, 2.75) is 77.0 Å². The van der Waals surface area contributed by atoms with E-state index in [9.17, 15) is 9.59 Å². The molecule has 2 aromatic rings. The van der Waals surface area contributed by atoms with Crippen molar-refractivity contribution in [1.29, 1.82) is 0 Å². The summed E-state index contributed by atoms with van der Waals surface area (Å²) in [4.78, 5) is 26.9. The van der Waals surface area contributed by atoms with Crippen molar-refractivity contribution in [3.8, 4) is 17.2 Å². The third-order valence-corrected chi connectivity index (χ3v) is 6.33. The Balaban J connectivity index is 0.00000352. The fourth-order valence-corrected chi connectivity index (χ4v) is 4.28. The Labute approximate surface area is 229 Å². The van der Waals surface area contributed by atoms with Crippen molar-refractivity contribution < 1.29 is 33.1 Å². The number of hydrogen-bond acceptors (Lipinski definition) is 7. The van der Waals surface area contributed by atoms with Crippen LogP contribution in [0.4, 0.5) is 0 Å². The van der Waals surface area contributed by atoms with E-state index < -0.39 is 17.7 Å². The van der Waals surface area contributed by atoms with Crippen LogP contribution in [-0.2, 0) is 14.1 Å². The van der Waals surface area contributed by atoms with Gasteiger partial charge < -0.3 is 18.9 Å². The number of rotatable bonds is 18. The van der Waals surface area contributed by atoms with Crippen molar-refractivity contribution in [3.63, 3.8) is 0 Å². The van der Waals surface area contributed by atoms with Gasteiger partial charge in [-0.15, -0.1) is 0 Å². The molecule has 0 aliphatic heterocycles. The molecule has 0 spiro atoms. The van der Waals surface area contributed by atoms with Gasteiger partial charge in [0.15, 0.2) is 5.78 Å². The monoisotopic (exact) mass is 546 g/mol. The third-order valence-electron chi connectivity index (χ3n) is 6.33. The molecule has 2 rings (SSSR count). The van der Waals surface area contributed by atoms with E-state index in [4.69, 9.17) is 23.5 Å². The smallest absolute Gasteiger partial charge is 0.321 e. The molecule has 0 N–H and O–H groups in total. The maximum atomic E-state index is 13.7. The van der Waals surface area contributed by atoms with Gasteiger partial charge >= 0.3 is 5.97 Å². The van der Waals surface area contributed by atoms with Crippen molar-refractivity contribution in [3.05, 3.63) is 53.6 Å². The Bertz CT molecular complexity index is 924. The number of ether oxygens (including phenoxy) is 4. The molecule has 0 fully saturated rings. The summed E-state index contributed by atoms with van der Waals surface area (Å²) >= 11 is 0. The van der Waals surface area contributed by atoms with E-state index in [0.29, 0.717) is 17.9 Å². The van der Waals surface area contributed by atoms with Crippen LogP contribution >= 0.6 is 9.12 Å². The maximum Gasteiger partial charge on any atom is 0.321 e. The van der Waals surface area contributed by atoms with Crippen molar-refractivity contribution >= 4 is 20.9 Å². The molecule has 1 atom stereocenters. The van der Waals surface area contributed by atoms with Crippen LogP contribution in [0.3, 0.4) is 0 Å². The highest BCUT2D eigenvalue weighted by atomic mass is 31.0. The highest BCUT2D eigenvalue weighted by molar-refractivity contribution is 7.00. The molecule has 210 valence electrons. The number of carbonyl (C=O) groups excluding carboxylic acids is 2. The summed E-state index contributed by atoms with van der Waals surface area (Å²) in [5.41, 5.74) is 0.751. The fourth-order valence-electron chi connectivity index (χ4n) is 4.28. The fraction of sp³-hybridized carbons (Fsp3) is 0.533. The Morgan fingerprint density at radius 2 is 1.24 bits per heavy atom. The van der Waals surface area contributed by atoms with E-state index in [1.165, 1.54) is 66.3 Å². The van der Waals surface area contributed by atoms with Crippen LogP contribution in [0.5, 0.6) is 17.2 Å². The summed E-state index contributed by atoms with van der Waals surface area (Å²) in [7, 11) is 6.17. The number of Topliss-reactive ketones (excluding diaryl/α,β-unsaturated/α-hetero) is 1. The van der Waals surface area contributed by atoms with E-state index in [0.717, 1.165) is 19.3 Å². The minimum Gasteiger partial charge on any atom is -0.496 e. The average Bonchev–Trinajstić information content (AvgIpc) is 2.96. The lowest BCUT2D eigenvalue weighted by Crippen LogP contribution is -2.25. The SMILES string of the molecule is CCCCCCCCCCCCOC(=O)C(C(=O)c1c(OC)cc(OC)cc1OC)c1ccccc1.O=P. The zero-order valence-electron chi connectivity index (χ0n) is 23.3. The summed E-state index contributed by atoms with van der Waals surface area (Å²) in [5, 5.41) is 0. The van der Waals surface area contributed by atoms with Gasteiger partial charge in [-0.25, -0.2) is 0 Å². The largest absolute Gasteiger partial charge is 0.496 e. The summed E-state index contributed by atoms with van der Waals surface area (Å²) in [6.07, 6.45) is 12.0. The van der Waals surface area contributed by atoms with Gasteiger partial charge in [-0.05, 0) is 12.0 Å². The number of carbonyl (C=O) groups is 2. The molecular weight excluding hydrogens is 503 g/mol. The van der Waals surface area contributed by atoms with Crippen LogP contribution in [0, 0.1) is 0 Å². The quantitative estimate of drug-likeness (QED) is 0.0625. The maximum absolute atomic E-state index is 13.7. The molecular formula is C30H43O7P. The van der Waals surface area contributed by atoms with Gasteiger partial charge in [0.05, 0.1) is 27.9 Å². The van der Waals surface area contributed by atoms with Gasteiger partial charge in [0.1, 0.15) is 37.8 Å². The lowest BCUT2D eigenvalue weighted by molar-refractivity contribution is -0.144. The van der Waals surface area contributed by atoms with Gasteiger partial charge in [0.25, 0.3) is 0 Å². The van der Waals surface area contributed by atoms with Crippen LogP contribution in [0.2, 0.25) is 0 Å². The molecule has 38 heavy (non-hydrogen) atoms. The molecule has 0 radical (unpaired) electrons. The molecule has 0 heterocycles. The predicted octanol–water partition coefficient (Wildman–Crippen LogP) is 7.62. The lowest BCUT2D eigenvalue weighted by atomic mass is 9.89. The Morgan fingerprint density at radius 1 is 0.737 bits per heavy atom. The van der Waals surface area contributed by atoms with Crippen LogP contribution in [-0.4, -0.2) is 39.7 Å². The zero-order valence-corrected chi connectivity index (χ0v) is 24.3. The highest BCUT2D eigenvalue weighted by Gasteiger charge is 2.35. The lowest BCUT2D eigenvalue weighted by Gasteiger charge is -2.19. The summed E-state index contributed by atoms with van der Waals surface area (Å²) < 4.78 is 29.9. The van der Waals surface area contributed by atoms with E-state index in [-0.39, 0.29) is 17.1 Å². The minimum absolute atomic E-state index is 0.186. The summed E-state index contributed by atoms with van der Waals surface area (Å²) in [5.74, 6) is -1.09. The predicted molar refractivity (Wildman–Crippen MR) is 151 cm³/mol. The zero-order chi connectivity index (χ0) is 28.2. The van der Waals surface area contributed by atoms with Gasteiger partial charge in [0.2, 0.25) is 0 Å². The Morgan fingerprint density at radius 3 is 1.71 bits per heavy atom. The van der Waals surface area contributed by atoms with Gasteiger partial charge in [-0.1, -0.05) is 95.0 Å². The summed E-state index contributed by atoms with van der Waals surface area (Å²) in [6.45, 7) is 2.53. The van der Waals surface area contributed by atoms with Gasteiger partial charge in [0, 0.05) is 12.1 Å². The number of benzene rings is 2.